The van der Waals surface area contributed by atoms with Crippen LogP contribution in [0.15, 0.2) is 83.3 Å². The molecule has 5 rings (SSSR count). The lowest BCUT2D eigenvalue weighted by atomic mass is 10.1. The van der Waals surface area contributed by atoms with Crippen molar-refractivity contribution in [1.29, 1.82) is 0 Å². The van der Waals surface area contributed by atoms with E-state index in [2.05, 4.69) is 10.3 Å². The van der Waals surface area contributed by atoms with Gasteiger partial charge in [0.2, 0.25) is 5.89 Å². The predicted molar refractivity (Wildman–Crippen MR) is 124 cm³/mol. The molecule has 0 saturated heterocycles. The van der Waals surface area contributed by atoms with Crippen LogP contribution >= 0.6 is 0 Å². The van der Waals surface area contributed by atoms with Crippen LogP contribution in [0.1, 0.15) is 10.4 Å². The van der Waals surface area contributed by atoms with E-state index in [0.717, 1.165) is 21.9 Å². The number of fused-ring (bicyclic) bond motifs is 3. The van der Waals surface area contributed by atoms with E-state index in [-0.39, 0.29) is 5.91 Å². The normalized spacial score (nSPS) is 10.9. The van der Waals surface area contributed by atoms with Gasteiger partial charge in [-0.3, -0.25) is 4.79 Å². The first-order chi connectivity index (χ1) is 15.7. The summed E-state index contributed by atoms with van der Waals surface area (Å²) in [4.78, 5) is 17.6. The number of anilines is 1. The molecule has 5 aromatic rings. The third-order valence-electron chi connectivity index (χ3n) is 5.33. The maximum absolute atomic E-state index is 13.0. The van der Waals surface area contributed by atoms with Crippen molar-refractivity contribution in [3.8, 4) is 23.0 Å². The Balaban J connectivity index is 1.52. The second-order valence-corrected chi connectivity index (χ2v) is 7.22. The van der Waals surface area contributed by atoms with Crippen LogP contribution in [-0.2, 0) is 0 Å². The molecule has 0 fully saturated rings. The molecule has 0 bridgehead atoms. The van der Waals surface area contributed by atoms with Crippen LogP contribution in [0.25, 0.3) is 33.3 Å². The maximum atomic E-state index is 13.0. The Labute approximate surface area is 184 Å². The van der Waals surface area contributed by atoms with Crippen molar-refractivity contribution < 1.29 is 18.7 Å². The number of nitrogens with zero attached hydrogens (tertiary/aromatic N) is 1. The summed E-state index contributed by atoms with van der Waals surface area (Å²) in [7, 11) is 3.09. The highest BCUT2D eigenvalue weighted by molar-refractivity contribution is 6.07. The maximum Gasteiger partial charge on any atom is 0.255 e. The van der Waals surface area contributed by atoms with Gasteiger partial charge in [-0.25, -0.2) is 4.98 Å². The third kappa shape index (κ3) is 3.41. The average Bonchev–Trinajstić information content (AvgIpc) is 3.28. The highest BCUT2D eigenvalue weighted by Gasteiger charge is 2.17. The van der Waals surface area contributed by atoms with Gasteiger partial charge in [-0.15, -0.1) is 0 Å². The fraction of sp³-hybridized carbons (Fsp3) is 0.0769. The van der Waals surface area contributed by atoms with E-state index in [9.17, 15) is 4.79 Å². The molecule has 0 aliphatic heterocycles. The molecule has 1 heterocycles. The summed E-state index contributed by atoms with van der Waals surface area (Å²) in [5.41, 5.74) is 3.23. The first-order valence-electron chi connectivity index (χ1n) is 10.1. The highest BCUT2D eigenvalue weighted by Crippen LogP contribution is 2.34. The van der Waals surface area contributed by atoms with E-state index in [1.807, 2.05) is 60.7 Å². The van der Waals surface area contributed by atoms with Gasteiger partial charge < -0.3 is 19.2 Å². The number of nitrogens with one attached hydrogen (secondary N) is 1. The fourth-order valence-electron chi connectivity index (χ4n) is 3.72. The van der Waals surface area contributed by atoms with Crippen LogP contribution in [0.5, 0.6) is 11.5 Å². The van der Waals surface area contributed by atoms with Gasteiger partial charge in [0.1, 0.15) is 5.52 Å². The van der Waals surface area contributed by atoms with Gasteiger partial charge >= 0.3 is 0 Å². The molecule has 1 N–H and O–H groups in total. The van der Waals surface area contributed by atoms with Crippen molar-refractivity contribution in [3.63, 3.8) is 0 Å². The number of oxazole rings is 1. The minimum Gasteiger partial charge on any atom is -0.493 e. The van der Waals surface area contributed by atoms with Crippen molar-refractivity contribution in [3.05, 3.63) is 84.4 Å². The topological polar surface area (TPSA) is 73.6 Å². The van der Waals surface area contributed by atoms with Gasteiger partial charge in [0, 0.05) is 10.9 Å². The van der Waals surface area contributed by atoms with Crippen molar-refractivity contribution >= 4 is 33.5 Å². The summed E-state index contributed by atoms with van der Waals surface area (Å²) < 4.78 is 16.7. The number of amides is 1. The Morgan fingerprint density at radius 1 is 0.875 bits per heavy atom. The monoisotopic (exact) mass is 424 g/mol. The number of carbonyl (C=O) groups is 1. The van der Waals surface area contributed by atoms with E-state index >= 15 is 0 Å². The first kappa shape index (κ1) is 19.6. The number of hydrogen-bond acceptors (Lipinski definition) is 5. The lowest BCUT2D eigenvalue weighted by Gasteiger charge is -2.11. The summed E-state index contributed by atoms with van der Waals surface area (Å²) >= 11 is 0. The molecule has 0 aliphatic carbocycles. The smallest absolute Gasteiger partial charge is 0.255 e. The summed E-state index contributed by atoms with van der Waals surface area (Å²) in [6, 6.07) is 24.4. The molecule has 0 atom stereocenters. The number of benzene rings is 4. The summed E-state index contributed by atoms with van der Waals surface area (Å²) in [5, 5.41) is 5.04. The van der Waals surface area contributed by atoms with Gasteiger partial charge in [0.15, 0.2) is 17.1 Å². The van der Waals surface area contributed by atoms with E-state index in [0.29, 0.717) is 34.2 Å². The van der Waals surface area contributed by atoms with Crippen LogP contribution in [0, 0.1) is 0 Å². The molecule has 0 saturated carbocycles. The molecule has 0 aliphatic rings. The standard InChI is InChI=1S/C26H20N2O4/c1-30-22-14-12-17(15-23(22)31-2)25(29)27-20-10-6-5-9-19(20)26-28-21-13-11-16-7-3-4-8-18(16)24(21)32-26/h3-15H,1-2H3,(H,27,29). The zero-order chi connectivity index (χ0) is 22.1. The molecule has 0 unspecified atom stereocenters. The van der Waals surface area contributed by atoms with Gasteiger partial charge in [0.25, 0.3) is 5.91 Å². The zero-order valence-corrected chi connectivity index (χ0v) is 17.6. The molecule has 158 valence electrons. The lowest BCUT2D eigenvalue weighted by molar-refractivity contribution is 0.102. The van der Waals surface area contributed by atoms with Gasteiger partial charge in [-0.1, -0.05) is 42.5 Å². The molecule has 4 aromatic carbocycles. The van der Waals surface area contributed by atoms with Gasteiger partial charge in [0.05, 0.1) is 25.5 Å². The molecule has 32 heavy (non-hydrogen) atoms. The number of aromatic nitrogens is 1. The molecule has 0 radical (unpaired) electrons. The highest BCUT2D eigenvalue weighted by atomic mass is 16.5. The minimum absolute atomic E-state index is 0.278. The Bertz CT molecular complexity index is 1460. The molecule has 0 spiro atoms. The Morgan fingerprint density at radius 3 is 2.50 bits per heavy atom. The number of para-hydroxylation sites is 1. The molecule has 1 aromatic heterocycles. The number of carbonyl (C=O) groups excluding carboxylic acids is 1. The molecule has 1 amide bonds. The summed E-state index contributed by atoms with van der Waals surface area (Å²) in [6.45, 7) is 0. The van der Waals surface area contributed by atoms with Crippen LogP contribution in [-0.4, -0.2) is 25.1 Å². The van der Waals surface area contributed by atoms with E-state index in [1.165, 1.54) is 7.11 Å². The zero-order valence-electron chi connectivity index (χ0n) is 17.6. The minimum atomic E-state index is -0.278. The van der Waals surface area contributed by atoms with Gasteiger partial charge in [-0.2, -0.15) is 0 Å². The van der Waals surface area contributed by atoms with Gasteiger partial charge in [-0.05, 0) is 41.8 Å². The largest absolute Gasteiger partial charge is 0.493 e. The predicted octanol–water partition coefficient (Wildman–Crippen LogP) is 5.92. The second kappa shape index (κ2) is 8.07. The Morgan fingerprint density at radius 2 is 1.66 bits per heavy atom. The van der Waals surface area contributed by atoms with E-state index in [4.69, 9.17) is 13.9 Å². The third-order valence-corrected chi connectivity index (χ3v) is 5.33. The van der Waals surface area contributed by atoms with Crippen molar-refractivity contribution in [2.24, 2.45) is 0 Å². The SMILES string of the molecule is COc1ccc(C(=O)Nc2ccccc2-c2nc3ccc4ccccc4c3o2)cc1OC. The number of ether oxygens (including phenoxy) is 2. The molecule has 6 nitrogen and oxygen atoms in total. The van der Waals surface area contributed by atoms with Crippen molar-refractivity contribution in [1.82, 2.24) is 4.98 Å². The van der Waals surface area contributed by atoms with Crippen LogP contribution in [0.3, 0.4) is 0 Å². The lowest BCUT2D eigenvalue weighted by Crippen LogP contribution is -2.13. The van der Waals surface area contributed by atoms with Crippen LogP contribution < -0.4 is 14.8 Å². The Hall–Kier alpha value is -4.32. The molecular weight excluding hydrogens is 404 g/mol. The van der Waals surface area contributed by atoms with Crippen LogP contribution in [0.2, 0.25) is 0 Å². The fourth-order valence-corrected chi connectivity index (χ4v) is 3.72. The first-order valence-corrected chi connectivity index (χ1v) is 10.1. The number of methoxy groups -OCH3 is 2. The van der Waals surface area contributed by atoms with E-state index in [1.54, 1.807) is 25.3 Å². The molecular formula is C26H20N2O4. The van der Waals surface area contributed by atoms with E-state index < -0.39 is 0 Å². The average molecular weight is 424 g/mol. The summed E-state index contributed by atoms with van der Waals surface area (Å²) in [5.74, 6) is 1.21. The number of hydrogen-bond donors (Lipinski definition) is 1. The second-order valence-electron chi connectivity index (χ2n) is 7.22. The summed E-state index contributed by atoms with van der Waals surface area (Å²) in [6.07, 6.45) is 0. The molecule has 6 heteroatoms. The Kier molecular flexibility index (Phi) is 4.95. The quantitative estimate of drug-likeness (QED) is 0.379. The number of rotatable bonds is 5. The van der Waals surface area contributed by atoms with Crippen LogP contribution in [0.4, 0.5) is 5.69 Å². The van der Waals surface area contributed by atoms with Crippen molar-refractivity contribution in [2.75, 3.05) is 19.5 Å². The van der Waals surface area contributed by atoms with Crippen molar-refractivity contribution in [2.45, 2.75) is 0 Å².